The standard InChI is InChI=1S/C12H15N5OS/c1-17-10(6-13)15-16-12(17)19-7-8-2-4-9(5-3-8)11(14)18/h2-5H,6-7,13H2,1H3,(H2,14,18). The van der Waals surface area contributed by atoms with Crippen LogP contribution in [0.25, 0.3) is 0 Å². The largest absolute Gasteiger partial charge is 0.366 e. The second-order valence-corrected chi connectivity index (χ2v) is 4.95. The van der Waals surface area contributed by atoms with Crippen molar-refractivity contribution in [2.75, 3.05) is 0 Å². The Labute approximate surface area is 115 Å². The second-order valence-electron chi connectivity index (χ2n) is 4.01. The lowest BCUT2D eigenvalue weighted by atomic mass is 10.1. The minimum absolute atomic E-state index is 0.372. The third-order valence-corrected chi connectivity index (χ3v) is 3.81. The summed E-state index contributed by atoms with van der Waals surface area (Å²) in [6, 6.07) is 7.21. The second kappa shape index (κ2) is 5.85. The molecular weight excluding hydrogens is 262 g/mol. The van der Waals surface area contributed by atoms with Crippen LogP contribution in [0.1, 0.15) is 21.7 Å². The monoisotopic (exact) mass is 277 g/mol. The number of carbonyl (C=O) groups excluding carboxylic acids is 1. The Bertz CT molecular complexity index is 578. The summed E-state index contributed by atoms with van der Waals surface area (Å²) in [5.41, 5.74) is 12.3. The number of rotatable bonds is 5. The van der Waals surface area contributed by atoms with Gasteiger partial charge in [0.1, 0.15) is 5.82 Å². The molecule has 0 bridgehead atoms. The van der Waals surface area contributed by atoms with Crippen LogP contribution in [0.3, 0.4) is 0 Å². The predicted octanol–water partition coefficient (Wildman–Crippen LogP) is 0.665. The lowest BCUT2D eigenvalue weighted by Crippen LogP contribution is -2.10. The molecule has 0 aliphatic heterocycles. The average molecular weight is 277 g/mol. The van der Waals surface area contributed by atoms with Crippen LogP contribution < -0.4 is 11.5 Å². The number of carbonyl (C=O) groups is 1. The van der Waals surface area contributed by atoms with Crippen molar-refractivity contribution in [1.29, 1.82) is 0 Å². The fourth-order valence-electron chi connectivity index (χ4n) is 1.56. The molecule has 0 unspecified atom stereocenters. The third kappa shape index (κ3) is 3.12. The van der Waals surface area contributed by atoms with Gasteiger partial charge in [0.15, 0.2) is 5.16 Å². The first-order valence-corrected chi connectivity index (χ1v) is 6.70. The Morgan fingerprint density at radius 3 is 2.53 bits per heavy atom. The zero-order chi connectivity index (χ0) is 13.8. The molecule has 6 nitrogen and oxygen atoms in total. The number of hydrogen-bond acceptors (Lipinski definition) is 5. The smallest absolute Gasteiger partial charge is 0.248 e. The molecule has 0 fully saturated rings. The molecular formula is C12H15N5OS. The van der Waals surface area contributed by atoms with E-state index < -0.39 is 5.91 Å². The maximum Gasteiger partial charge on any atom is 0.248 e. The molecule has 19 heavy (non-hydrogen) atoms. The van der Waals surface area contributed by atoms with Crippen molar-refractivity contribution >= 4 is 17.7 Å². The number of hydrogen-bond donors (Lipinski definition) is 2. The summed E-state index contributed by atoms with van der Waals surface area (Å²) in [5, 5.41) is 8.88. The minimum Gasteiger partial charge on any atom is -0.366 e. The lowest BCUT2D eigenvalue weighted by molar-refractivity contribution is 0.100. The van der Waals surface area contributed by atoms with Crippen LogP contribution in [0, 0.1) is 0 Å². The number of nitrogens with two attached hydrogens (primary N) is 2. The Morgan fingerprint density at radius 2 is 2.00 bits per heavy atom. The molecule has 1 aromatic heterocycles. The van der Waals surface area contributed by atoms with Crippen LogP contribution in [0.4, 0.5) is 0 Å². The summed E-state index contributed by atoms with van der Waals surface area (Å²) in [7, 11) is 1.89. The third-order valence-electron chi connectivity index (χ3n) is 2.71. The molecule has 2 aromatic rings. The Balaban J connectivity index is 2.02. The fraction of sp³-hybridized carbons (Fsp3) is 0.250. The van der Waals surface area contributed by atoms with Crippen molar-refractivity contribution in [2.45, 2.75) is 17.5 Å². The maximum atomic E-state index is 11.0. The van der Waals surface area contributed by atoms with Gasteiger partial charge in [-0.2, -0.15) is 0 Å². The summed E-state index contributed by atoms with van der Waals surface area (Å²) in [4.78, 5) is 11.0. The van der Waals surface area contributed by atoms with Gasteiger partial charge in [-0.25, -0.2) is 0 Å². The Hall–Kier alpha value is -1.86. The molecule has 0 saturated carbocycles. The fourth-order valence-corrected chi connectivity index (χ4v) is 2.45. The summed E-state index contributed by atoms with van der Waals surface area (Å²) in [5.74, 6) is 1.09. The number of primary amides is 1. The first kappa shape index (κ1) is 13.6. The van der Waals surface area contributed by atoms with E-state index in [9.17, 15) is 4.79 Å². The van der Waals surface area contributed by atoms with Crippen LogP contribution in [0.5, 0.6) is 0 Å². The first-order valence-electron chi connectivity index (χ1n) is 5.71. The number of aromatic nitrogens is 3. The highest BCUT2D eigenvalue weighted by Gasteiger charge is 2.08. The number of benzene rings is 1. The van der Waals surface area contributed by atoms with E-state index in [0.717, 1.165) is 22.3 Å². The van der Waals surface area contributed by atoms with Gasteiger partial charge in [0, 0.05) is 18.4 Å². The highest BCUT2D eigenvalue weighted by molar-refractivity contribution is 7.98. The topological polar surface area (TPSA) is 99.8 Å². The van der Waals surface area contributed by atoms with Gasteiger partial charge < -0.3 is 16.0 Å². The Kier molecular flexibility index (Phi) is 4.18. The van der Waals surface area contributed by atoms with E-state index in [4.69, 9.17) is 11.5 Å². The van der Waals surface area contributed by atoms with Gasteiger partial charge in [-0.1, -0.05) is 23.9 Å². The van der Waals surface area contributed by atoms with Crippen LogP contribution in [-0.2, 0) is 19.3 Å². The average Bonchev–Trinajstić information content (AvgIpc) is 2.77. The number of thioether (sulfide) groups is 1. The lowest BCUT2D eigenvalue weighted by Gasteiger charge is -2.03. The predicted molar refractivity (Wildman–Crippen MR) is 73.4 cm³/mol. The van der Waals surface area contributed by atoms with E-state index in [1.807, 2.05) is 23.7 Å². The van der Waals surface area contributed by atoms with Crippen molar-refractivity contribution in [3.8, 4) is 0 Å². The van der Waals surface area contributed by atoms with Crippen molar-refractivity contribution in [1.82, 2.24) is 14.8 Å². The van der Waals surface area contributed by atoms with Gasteiger partial charge >= 0.3 is 0 Å². The van der Waals surface area contributed by atoms with Crippen LogP contribution in [0.2, 0.25) is 0 Å². The van der Waals surface area contributed by atoms with Gasteiger partial charge in [0.2, 0.25) is 5.91 Å². The molecule has 1 amide bonds. The number of nitrogens with zero attached hydrogens (tertiary/aromatic N) is 3. The van der Waals surface area contributed by atoms with E-state index in [2.05, 4.69) is 10.2 Å². The molecule has 100 valence electrons. The zero-order valence-corrected chi connectivity index (χ0v) is 11.4. The molecule has 0 aliphatic carbocycles. The molecule has 0 radical (unpaired) electrons. The molecule has 4 N–H and O–H groups in total. The normalized spacial score (nSPS) is 10.6. The van der Waals surface area contributed by atoms with Crippen LogP contribution >= 0.6 is 11.8 Å². The summed E-state index contributed by atoms with van der Waals surface area (Å²) < 4.78 is 1.88. The van der Waals surface area contributed by atoms with Crippen molar-refractivity contribution in [3.05, 3.63) is 41.2 Å². The minimum atomic E-state index is -0.417. The number of amides is 1. The van der Waals surface area contributed by atoms with Gasteiger partial charge in [-0.15, -0.1) is 10.2 Å². The molecule has 0 spiro atoms. The van der Waals surface area contributed by atoms with Gasteiger partial charge in [-0.05, 0) is 17.7 Å². The molecule has 0 aliphatic rings. The van der Waals surface area contributed by atoms with Crippen molar-refractivity contribution < 1.29 is 4.79 Å². The van der Waals surface area contributed by atoms with Crippen LogP contribution in [0.15, 0.2) is 29.4 Å². The van der Waals surface area contributed by atoms with E-state index in [0.29, 0.717) is 12.1 Å². The summed E-state index contributed by atoms with van der Waals surface area (Å²) in [6.45, 7) is 0.372. The van der Waals surface area contributed by atoms with E-state index in [1.165, 1.54) is 0 Å². The summed E-state index contributed by atoms with van der Waals surface area (Å²) in [6.07, 6.45) is 0. The van der Waals surface area contributed by atoms with Crippen molar-refractivity contribution in [3.63, 3.8) is 0 Å². The van der Waals surface area contributed by atoms with Gasteiger partial charge in [0.25, 0.3) is 0 Å². The molecule has 0 atom stereocenters. The molecule has 1 heterocycles. The Morgan fingerprint density at radius 1 is 1.32 bits per heavy atom. The van der Waals surface area contributed by atoms with E-state index in [1.54, 1.807) is 23.9 Å². The highest BCUT2D eigenvalue weighted by Crippen LogP contribution is 2.21. The zero-order valence-electron chi connectivity index (χ0n) is 10.5. The van der Waals surface area contributed by atoms with Crippen LogP contribution in [-0.4, -0.2) is 20.7 Å². The van der Waals surface area contributed by atoms with E-state index in [-0.39, 0.29) is 0 Å². The van der Waals surface area contributed by atoms with Gasteiger partial charge in [0.05, 0.1) is 6.54 Å². The van der Waals surface area contributed by atoms with Gasteiger partial charge in [-0.3, -0.25) is 4.79 Å². The quantitative estimate of drug-likeness (QED) is 0.782. The molecule has 1 aromatic carbocycles. The summed E-state index contributed by atoms with van der Waals surface area (Å²) >= 11 is 1.57. The van der Waals surface area contributed by atoms with E-state index >= 15 is 0 Å². The molecule has 2 rings (SSSR count). The molecule has 7 heteroatoms. The SMILES string of the molecule is Cn1c(CN)nnc1SCc1ccc(C(N)=O)cc1. The maximum absolute atomic E-state index is 11.0. The van der Waals surface area contributed by atoms with Crippen molar-refractivity contribution in [2.24, 2.45) is 18.5 Å². The first-order chi connectivity index (χ1) is 9.11. The highest BCUT2D eigenvalue weighted by atomic mass is 32.2. The molecule has 0 saturated heterocycles.